The lowest BCUT2D eigenvalue weighted by molar-refractivity contribution is 0.290. The summed E-state index contributed by atoms with van der Waals surface area (Å²) in [6, 6.07) is 0. The number of nitrogens with one attached hydrogen (secondary N) is 3. The van der Waals surface area contributed by atoms with Crippen LogP contribution in [0.25, 0.3) is 0 Å². The average molecular weight is 218 g/mol. The molecule has 0 bridgehead atoms. The lowest BCUT2D eigenvalue weighted by atomic mass is 10.2. The highest BCUT2D eigenvalue weighted by Crippen LogP contribution is 1.92. The number of rotatable bonds is 8. The van der Waals surface area contributed by atoms with Crippen molar-refractivity contribution in [3.05, 3.63) is 0 Å². The molecular weight excluding hydrogens is 192 g/mol. The van der Waals surface area contributed by atoms with Gasteiger partial charge in [0.15, 0.2) is 0 Å². The summed E-state index contributed by atoms with van der Waals surface area (Å²) in [7, 11) is 2.88. The molecule has 0 aliphatic heterocycles. The van der Waals surface area contributed by atoms with Gasteiger partial charge in [0, 0.05) is 13.1 Å². The molecule has 0 fully saturated rings. The van der Waals surface area contributed by atoms with Crippen molar-refractivity contribution >= 4 is 9.28 Å². The van der Waals surface area contributed by atoms with Gasteiger partial charge in [-0.1, -0.05) is 20.8 Å². The summed E-state index contributed by atoms with van der Waals surface area (Å²) in [6.45, 7) is 8.82. The predicted molar refractivity (Wildman–Crippen MR) is 65.1 cm³/mol. The molecule has 0 aromatic carbocycles. The first-order chi connectivity index (χ1) is 6.65. The van der Waals surface area contributed by atoms with Crippen LogP contribution in [-0.2, 0) is 0 Å². The maximum absolute atomic E-state index is 3.49. The van der Waals surface area contributed by atoms with Gasteiger partial charge in [0.2, 0.25) is 0 Å². The van der Waals surface area contributed by atoms with Gasteiger partial charge in [0.25, 0.3) is 9.28 Å². The molecule has 0 atom stereocenters. The second-order valence-electron chi connectivity index (χ2n) is 3.93. The standard InChI is InChI=1S/C9H26N4Si/c1-6-7-13(12-8-9(2)3)14(10-4)11-5/h9-12,14H,6-8H2,1-5H3. The number of hydrogen-bond donors (Lipinski definition) is 3. The van der Waals surface area contributed by atoms with E-state index < -0.39 is 9.28 Å². The largest absolute Gasteiger partial charge is 0.318 e. The smallest absolute Gasteiger partial charge is 0.280 e. The zero-order valence-corrected chi connectivity index (χ0v) is 11.4. The molecular formula is C9H26N4Si. The van der Waals surface area contributed by atoms with E-state index in [2.05, 4.69) is 40.8 Å². The van der Waals surface area contributed by atoms with E-state index in [4.69, 9.17) is 0 Å². The maximum atomic E-state index is 3.49. The molecule has 0 rings (SSSR count). The third kappa shape index (κ3) is 5.72. The molecule has 0 aliphatic carbocycles. The quantitative estimate of drug-likeness (QED) is 0.397. The van der Waals surface area contributed by atoms with Gasteiger partial charge in [0.05, 0.1) is 0 Å². The molecule has 0 aliphatic rings. The van der Waals surface area contributed by atoms with Crippen molar-refractivity contribution < 1.29 is 0 Å². The minimum atomic E-state index is -1.16. The van der Waals surface area contributed by atoms with Gasteiger partial charge < -0.3 is 9.96 Å². The van der Waals surface area contributed by atoms with E-state index in [0.717, 1.165) is 13.1 Å². The highest BCUT2D eigenvalue weighted by molar-refractivity contribution is 6.49. The van der Waals surface area contributed by atoms with E-state index in [1.807, 2.05) is 14.1 Å². The van der Waals surface area contributed by atoms with E-state index >= 15 is 0 Å². The molecule has 14 heavy (non-hydrogen) atoms. The Balaban J connectivity index is 3.98. The molecule has 0 saturated heterocycles. The Labute approximate surface area is 90.3 Å². The van der Waals surface area contributed by atoms with Crippen LogP contribution in [0.4, 0.5) is 0 Å². The van der Waals surface area contributed by atoms with Crippen LogP contribution >= 0.6 is 0 Å². The molecule has 0 amide bonds. The summed E-state index contributed by atoms with van der Waals surface area (Å²) in [5, 5.41) is 0. The Bertz CT molecular complexity index is 128. The molecule has 0 radical (unpaired) electrons. The van der Waals surface area contributed by atoms with Crippen LogP contribution in [0, 0.1) is 5.92 Å². The molecule has 5 heteroatoms. The molecule has 3 N–H and O–H groups in total. The van der Waals surface area contributed by atoms with Crippen molar-refractivity contribution in [1.82, 2.24) is 20.1 Å². The predicted octanol–water partition coefficient (Wildman–Crippen LogP) is 0.0150. The number of hydrazine groups is 1. The fraction of sp³-hybridized carbons (Fsp3) is 1.00. The average Bonchev–Trinajstić information content (AvgIpc) is 2.15. The third-order valence-corrected chi connectivity index (χ3v) is 4.18. The van der Waals surface area contributed by atoms with E-state index in [-0.39, 0.29) is 0 Å². The van der Waals surface area contributed by atoms with Gasteiger partial charge in [-0.3, -0.25) is 5.43 Å². The van der Waals surface area contributed by atoms with Crippen molar-refractivity contribution in [2.45, 2.75) is 27.2 Å². The summed E-state index contributed by atoms with van der Waals surface area (Å²) in [4.78, 5) is 6.70. The zero-order chi connectivity index (χ0) is 11.0. The second kappa shape index (κ2) is 8.37. The van der Waals surface area contributed by atoms with Gasteiger partial charge in [-0.05, 0) is 26.4 Å². The Kier molecular flexibility index (Phi) is 8.41. The molecule has 0 spiro atoms. The van der Waals surface area contributed by atoms with Crippen LogP contribution in [-0.4, -0.2) is 41.1 Å². The SMILES string of the molecule is CCCN(NCC(C)C)[SiH](NC)NC. The fourth-order valence-electron chi connectivity index (χ4n) is 1.30. The topological polar surface area (TPSA) is 39.3 Å². The van der Waals surface area contributed by atoms with Crippen LogP contribution < -0.4 is 15.4 Å². The molecule has 86 valence electrons. The molecule has 0 aromatic rings. The van der Waals surface area contributed by atoms with E-state index in [0.29, 0.717) is 5.92 Å². The lowest BCUT2D eigenvalue weighted by Crippen LogP contribution is -2.63. The van der Waals surface area contributed by atoms with E-state index in [9.17, 15) is 0 Å². The Morgan fingerprint density at radius 2 is 1.79 bits per heavy atom. The highest BCUT2D eigenvalue weighted by Gasteiger charge is 2.15. The van der Waals surface area contributed by atoms with Gasteiger partial charge in [-0.2, -0.15) is 0 Å². The van der Waals surface area contributed by atoms with Crippen LogP contribution in [0.3, 0.4) is 0 Å². The first kappa shape index (κ1) is 14.1. The van der Waals surface area contributed by atoms with Crippen LogP contribution in [0.5, 0.6) is 0 Å². The summed E-state index contributed by atoms with van der Waals surface area (Å²) >= 11 is 0. The maximum Gasteiger partial charge on any atom is 0.280 e. The van der Waals surface area contributed by atoms with Gasteiger partial charge >= 0.3 is 0 Å². The Morgan fingerprint density at radius 1 is 1.21 bits per heavy atom. The second-order valence-corrected chi connectivity index (χ2v) is 6.51. The zero-order valence-electron chi connectivity index (χ0n) is 10.2. The summed E-state index contributed by atoms with van der Waals surface area (Å²) in [5.41, 5.74) is 3.49. The van der Waals surface area contributed by atoms with Gasteiger partial charge in [-0.15, -0.1) is 0 Å². The molecule has 0 heterocycles. The fourth-order valence-corrected chi connectivity index (χ4v) is 3.01. The van der Waals surface area contributed by atoms with Crippen LogP contribution in [0.1, 0.15) is 27.2 Å². The summed E-state index contributed by atoms with van der Waals surface area (Å²) < 4.78 is 2.35. The molecule has 4 nitrogen and oxygen atoms in total. The van der Waals surface area contributed by atoms with Crippen molar-refractivity contribution in [1.29, 1.82) is 0 Å². The van der Waals surface area contributed by atoms with Crippen molar-refractivity contribution in [3.8, 4) is 0 Å². The normalized spacial score (nSPS) is 12.0. The number of hydrogen-bond acceptors (Lipinski definition) is 4. The van der Waals surface area contributed by atoms with Gasteiger partial charge in [-0.25, -0.2) is 4.67 Å². The first-order valence-corrected chi connectivity index (χ1v) is 7.17. The monoisotopic (exact) mass is 218 g/mol. The Hall–Kier alpha value is 0.0569. The first-order valence-electron chi connectivity index (χ1n) is 5.50. The van der Waals surface area contributed by atoms with Crippen LogP contribution in [0.2, 0.25) is 0 Å². The van der Waals surface area contributed by atoms with Crippen molar-refractivity contribution in [2.75, 3.05) is 27.2 Å². The van der Waals surface area contributed by atoms with Crippen molar-refractivity contribution in [2.24, 2.45) is 5.92 Å². The minimum absolute atomic E-state index is 0.692. The molecule has 0 unspecified atom stereocenters. The summed E-state index contributed by atoms with van der Waals surface area (Å²) in [6.07, 6.45) is 1.18. The van der Waals surface area contributed by atoms with Crippen LogP contribution in [0.15, 0.2) is 0 Å². The minimum Gasteiger partial charge on any atom is -0.318 e. The van der Waals surface area contributed by atoms with E-state index in [1.54, 1.807) is 0 Å². The number of nitrogens with zero attached hydrogens (tertiary/aromatic N) is 1. The molecule has 0 aromatic heterocycles. The Morgan fingerprint density at radius 3 is 2.14 bits per heavy atom. The molecule has 0 saturated carbocycles. The van der Waals surface area contributed by atoms with Gasteiger partial charge in [0.1, 0.15) is 0 Å². The third-order valence-electron chi connectivity index (χ3n) is 2.03. The van der Waals surface area contributed by atoms with Crippen molar-refractivity contribution in [3.63, 3.8) is 0 Å². The summed E-state index contributed by atoms with van der Waals surface area (Å²) in [5.74, 6) is 0.692. The van der Waals surface area contributed by atoms with E-state index in [1.165, 1.54) is 6.42 Å². The lowest BCUT2D eigenvalue weighted by Gasteiger charge is -2.30. The highest BCUT2D eigenvalue weighted by atomic mass is 28.3.